The smallest absolute Gasteiger partial charge is 0.264 e. The maximum atomic E-state index is 15.0. The summed E-state index contributed by atoms with van der Waals surface area (Å²) < 4.78 is 43.9. The van der Waals surface area contributed by atoms with E-state index in [4.69, 9.17) is 11.6 Å². The SMILES string of the molecule is CC(C)CNC(=O)[C@@H](Cc1ccccc1)N(Cc1ccccc1F)C(=O)CN(c1ccc(Cl)cc1)S(=O)(=O)c1ccccc1. The second-order valence-electron chi connectivity index (χ2n) is 10.8. The highest BCUT2D eigenvalue weighted by molar-refractivity contribution is 7.92. The maximum absolute atomic E-state index is 15.0. The fourth-order valence-electron chi connectivity index (χ4n) is 4.64. The van der Waals surface area contributed by atoms with Crippen molar-refractivity contribution in [1.82, 2.24) is 10.2 Å². The number of hydrogen-bond acceptors (Lipinski definition) is 4. The standard InChI is InChI=1S/C34H35ClFN3O4S/c1-25(2)22-37-34(41)32(21-26-11-5-3-6-12-26)38(23-27-13-9-10-16-31(27)36)33(40)24-39(29-19-17-28(35)18-20-29)44(42,43)30-14-7-4-8-15-30/h3-20,25,32H,21-24H2,1-2H3,(H,37,41)/t32-/m1/s1. The molecule has 1 atom stereocenters. The van der Waals surface area contributed by atoms with E-state index in [2.05, 4.69) is 5.32 Å². The van der Waals surface area contributed by atoms with Crippen molar-refractivity contribution in [3.63, 3.8) is 0 Å². The summed E-state index contributed by atoms with van der Waals surface area (Å²) in [4.78, 5) is 29.3. The number of sulfonamides is 1. The molecule has 0 heterocycles. The Hall–Kier alpha value is -4.21. The van der Waals surface area contributed by atoms with Crippen molar-refractivity contribution in [3.8, 4) is 0 Å². The van der Waals surface area contributed by atoms with E-state index in [1.54, 1.807) is 30.3 Å². The van der Waals surface area contributed by atoms with Gasteiger partial charge in [-0.3, -0.25) is 13.9 Å². The normalized spacial score (nSPS) is 12.0. The number of anilines is 1. The average Bonchev–Trinajstić information content (AvgIpc) is 3.02. The molecule has 0 bridgehead atoms. The molecule has 0 saturated heterocycles. The first kappa shape index (κ1) is 32.7. The number of benzene rings is 4. The van der Waals surface area contributed by atoms with Crippen LogP contribution < -0.4 is 9.62 Å². The zero-order valence-electron chi connectivity index (χ0n) is 24.6. The fourth-order valence-corrected chi connectivity index (χ4v) is 6.20. The van der Waals surface area contributed by atoms with Gasteiger partial charge in [-0.15, -0.1) is 0 Å². The molecule has 0 aliphatic rings. The fraction of sp³-hybridized carbons (Fsp3) is 0.235. The van der Waals surface area contributed by atoms with Crippen molar-refractivity contribution in [1.29, 1.82) is 0 Å². The van der Waals surface area contributed by atoms with Crippen LogP contribution in [0.3, 0.4) is 0 Å². The van der Waals surface area contributed by atoms with Gasteiger partial charge in [0, 0.05) is 30.1 Å². The molecule has 0 aromatic heterocycles. The molecule has 0 saturated carbocycles. The predicted octanol–water partition coefficient (Wildman–Crippen LogP) is 6.09. The van der Waals surface area contributed by atoms with Crippen LogP contribution in [0, 0.1) is 11.7 Å². The van der Waals surface area contributed by atoms with E-state index in [9.17, 15) is 22.4 Å². The first-order valence-electron chi connectivity index (χ1n) is 14.2. The Morgan fingerprint density at radius 1 is 0.841 bits per heavy atom. The van der Waals surface area contributed by atoms with Gasteiger partial charge in [0.2, 0.25) is 11.8 Å². The van der Waals surface area contributed by atoms with Crippen LogP contribution in [-0.2, 0) is 32.6 Å². The molecule has 0 unspecified atom stereocenters. The maximum Gasteiger partial charge on any atom is 0.264 e. The Kier molecular flexibility index (Phi) is 11.1. The third kappa shape index (κ3) is 8.45. The molecule has 0 aliphatic carbocycles. The third-order valence-corrected chi connectivity index (χ3v) is 9.02. The molecule has 4 aromatic rings. The van der Waals surface area contributed by atoms with E-state index in [1.807, 2.05) is 44.2 Å². The Morgan fingerprint density at radius 3 is 2.05 bits per heavy atom. The summed E-state index contributed by atoms with van der Waals surface area (Å²) in [5, 5.41) is 3.30. The van der Waals surface area contributed by atoms with Crippen molar-refractivity contribution in [2.75, 3.05) is 17.4 Å². The molecule has 2 amide bonds. The number of nitrogens with zero attached hydrogens (tertiary/aromatic N) is 2. The van der Waals surface area contributed by atoms with Crippen molar-refractivity contribution in [2.45, 2.75) is 37.8 Å². The van der Waals surface area contributed by atoms with Crippen molar-refractivity contribution in [3.05, 3.63) is 131 Å². The lowest BCUT2D eigenvalue weighted by Gasteiger charge is -2.34. The Morgan fingerprint density at radius 2 is 1.43 bits per heavy atom. The van der Waals surface area contributed by atoms with Crippen LogP contribution in [0.4, 0.5) is 10.1 Å². The number of rotatable bonds is 13. The third-order valence-electron chi connectivity index (χ3n) is 6.98. The van der Waals surface area contributed by atoms with Gasteiger partial charge in [0.05, 0.1) is 10.6 Å². The van der Waals surface area contributed by atoms with Crippen LogP contribution in [-0.4, -0.2) is 44.3 Å². The van der Waals surface area contributed by atoms with Crippen LogP contribution >= 0.6 is 11.6 Å². The zero-order valence-corrected chi connectivity index (χ0v) is 26.1. The van der Waals surface area contributed by atoms with Crippen molar-refractivity contribution in [2.24, 2.45) is 5.92 Å². The summed E-state index contributed by atoms with van der Waals surface area (Å²) in [6.07, 6.45) is 0.136. The van der Waals surface area contributed by atoms with Gasteiger partial charge in [-0.2, -0.15) is 0 Å². The summed E-state index contributed by atoms with van der Waals surface area (Å²) in [6, 6.07) is 28.0. The zero-order chi connectivity index (χ0) is 31.7. The summed E-state index contributed by atoms with van der Waals surface area (Å²) in [7, 11) is -4.23. The number of hydrogen-bond donors (Lipinski definition) is 1. The molecular weight excluding hydrogens is 601 g/mol. The molecule has 1 N–H and O–H groups in total. The van der Waals surface area contributed by atoms with Gasteiger partial charge in [0.15, 0.2) is 0 Å². The van der Waals surface area contributed by atoms with E-state index in [-0.39, 0.29) is 35.0 Å². The lowest BCUT2D eigenvalue weighted by atomic mass is 10.0. The van der Waals surface area contributed by atoms with Crippen LogP contribution in [0.1, 0.15) is 25.0 Å². The van der Waals surface area contributed by atoms with Gasteiger partial charge in [-0.05, 0) is 53.9 Å². The van der Waals surface area contributed by atoms with Gasteiger partial charge >= 0.3 is 0 Å². The predicted molar refractivity (Wildman–Crippen MR) is 171 cm³/mol. The van der Waals surface area contributed by atoms with Gasteiger partial charge in [-0.1, -0.05) is 92.2 Å². The summed E-state index contributed by atoms with van der Waals surface area (Å²) >= 11 is 6.09. The molecule has 4 aromatic carbocycles. The van der Waals surface area contributed by atoms with Gasteiger partial charge in [0.1, 0.15) is 18.4 Å². The lowest BCUT2D eigenvalue weighted by Crippen LogP contribution is -2.53. The first-order valence-corrected chi connectivity index (χ1v) is 16.1. The number of amides is 2. The monoisotopic (exact) mass is 635 g/mol. The van der Waals surface area contributed by atoms with Crippen LogP contribution in [0.25, 0.3) is 0 Å². The molecule has 7 nitrogen and oxygen atoms in total. The summed E-state index contributed by atoms with van der Waals surface area (Å²) in [6.45, 7) is 3.37. The van der Waals surface area contributed by atoms with Crippen LogP contribution in [0.2, 0.25) is 5.02 Å². The topological polar surface area (TPSA) is 86.8 Å². The van der Waals surface area contributed by atoms with Crippen LogP contribution in [0.15, 0.2) is 114 Å². The highest BCUT2D eigenvalue weighted by Gasteiger charge is 2.35. The molecule has 0 aliphatic heterocycles. The molecular formula is C34H35ClFN3O4S. The van der Waals surface area contributed by atoms with Gasteiger partial charge < -0.3 is 10.2 Å². The highest BCUT2D eigenvalue weighted by atomic mass is 35.5. The Balaban J connectivity index is 1.79. The van der Waals surface area contributed by atoms with Crippen molar-refractivity contribution >= 4 is 39.1 Å². The van der Waals surface area contributed by atoms with Gasteiger partial charge in [-0.25, -0.2) is 12.8 Å². The van der Waals surface area contributed by atoms with Crippen molar-refractivity contribution < 1.29 is 22.4 Å². The minimum atomic E-state index is -4.23. The summed E-state index contributed by atoms with van der Waals surface area (Å²) in [5.74, 6) is -1.50. The van der Waals surface area contributed by atoms with E-state index in [0.29, 0.717) is 11.6 Å². The average molecular weight is 636 g/mol. The molecule has 44 heavy (non-hydrogen) atoms. The minimum absolute atomic E-state index is 0.0149. The van der Waals surface area contributed by atoms with E-state index < -0.39 is 40.2 Å². The molecule has 4 rings (SSSR count). The van der Waals surface area contributed by atoms with E-state index >= 15 is 0 Å². The Bertz CT molecular complexity index is 1650. The van der Waals surface area contributed by atoms with Crippen LogP contribution in [0.5, 0.6) is 0 Å². The van der Waals surface area contributed by atoms with E-state index in [0.717, 1.165) is 9.87 Å². The molecule has 10 heteroatoms. The second kappa shape index (κ2) is 15.0. The number of halogens is 2. The second-order valence-corrected chi connectivity index (χ2v) is 13.1. The summed E-state index contributed by atoms with van der Waals surface area (Å²) in [5.41, 5.74) is 1.19. The number of carbonyl (C=O) groups excluding carboxylic acids is 2. The largest absolute Gasteiger partial charge is 0.354 e. The minimum Gasteiger partial charge on any atom is -0.354 e. The Labute approximate surface area is 263 Å². The molecule has 0 fully saturated rings. The molecule has 230 valence electrons. The first-order chi connectivity index (χ1) is 21.1. The number of nitrogens with one attached hydrogen (secondary N) is 1. The van der Waals surface area contributed by atoms with Gasteiger partial charge in [0.25, 0.3) is 10.0 Å². The molecule has 0 radical (unpaired) electrons. The van der Waals surface area contributed by atoms with E-state index in [1.165, 1.54) is 53.4 Å². The highest BCUT2D eigenvalue weighted by Crippen LogP contribution is 2.26. The number of carbonyl (C=O) groups is 2. The quantitative estimate of drug-likeness (QED) is 0.193. The lowest BCUT2D eigenvalue weighted by molar-refractivity contribution is -0.140. The molecule has 0 spiro atoms.